The van der Waals surface area contributed by atoms with E-state index in [9.17, 15) is 19.2 Å². The number of hydrogen-bond donors (Lipinski definition) is 1. The minimum absolute atomic E-state index is 0.0295. The highest BCUT2D eigenvalue weighted by Gasteiger charge is 2.26. The molecule has 1 N–H and O–H groups in total. The monoisotopic (exact) mass is 467 g/mol. The fourth-order valence-electron chi connectivity index (χ4n) is 3.93. The minimum atomic E-state index is -0.344. The second-order valence-corrected chi connectivity index (χ2v) is 9.91. The second kappa shape index (κ2) is 14.4. The van der Waals surface area contributed by atoms with Gasteiger partial charge in [-0.3, -0.25) is 14.4 Å². The van der Waals surface area contributed by atoms with E-state index in [1.54, 1.807) is 0 Å². The lowest BCUT2D eigenvalue weighted by molar-refractivity contribution is -0.127. The van der Waals surface area contributed by atoms with Crippen LogP contribution in [0.1, 0.15) is 86.5 Å². The number of ketones is 3. The SMILES string of the molecule is CC(=O)CCC(=O)CNC(=O)CCC(=O)/C=C(C)/C=C/C=C(C)/C=C/C1=C(C)CCCC1(C)C. The van der Waals surface area contributed by atoms with E-state index in [4.69, 9.17) is 0 Å². The summed E-state index contributed by atoms with van der Waals surface area (Å²) in [5.74, 6) is -0.728. The Labute approximate surface area is 205 Å². The lowest BCUT2D eigenvalue weighted by Crippen LogP contribution is -2.29. The molecule has 0 atom stereocenters. The van der Waals surface area contributed by atoms with Crippen LogP contribution < -0.4 is 5.32 Å². The Morgan fingerprint density at radius 2 is 1.65 bits per heavy atom. The third kappa shape index (κ3) is 11.9. The van der Waals surface area contributed by atoms with Crippen LogP contribution in [0.2, 0.25) is 0 Å². The molecule has 5 heteroatoms. The van der Waals surface area contributed by atoms with Crippen LogP contribution in [0.25, 0.3) is 0 Å². The summed E-state index contributed by atoms with van der Waals surface area (Å²) >= 11 is 0. The maximum Gasteiger partial charge on any atom is 0.220 e. The number of nitrogens with one attached hydrogen (secondary N) is 1. The van der Waals surface area contributed by atoms with Gasteiger partial charge in [-0.25, -0.2) is 0 Å². The fourth-order valence-corrected chi connectivity index (χ4v) is 3.93. The lowest BCUT2D eigenvalue weighted by atomic mass is 9.72. The highest BCUT2D eigenvalue weighted by Crippen LogP contribution is 2.40. The molecule has 0 saturated heterocycles. The van der Waals surface area contributed by atoms with Gasteiger partial charge >= 0.3 is 0 Å². The zero-order valence-corrected chi connectivity index (χ0v) is 21.8. The largest absolute Gasteiger partial charge is 0.349 e. The third-order valence-electron chi connectivity index (χ3n) is 6.00. The van der Waals surface area contributed by atoms with Crippen LogP contribution in [-0.2, 0) is 19.2 Å². The minimum Gasteiger partial charge on any atom is -0.349 e. The fraction of sp³-hybridized carbons (Fsp3) is 0.517. The summed E-state index contributed by atoms with van der Waals surface area (Å²) in [4.78, 5) is 46.4. The molecule has 1 rings (SSSR count). The Hall–Kier alpha value is -2.82. The second-order valence-electron chi connectivity index (χ2n) is 9.91. The predicted octanol–water partition coefficient (Wildman–Crippen LogP) is 5.92. The van der Waals surface area contributed by atoms with Crippen molar-refractivity contribution < 1.29 is 19.2 Å². The van der Waals surface area contributed by atoms with E-state index in [2.05, 4.69) is 45.2 Å². The van der Waals surface area contributed by atoms with Gasteiger partial charge in [0.1, 0.15) is 5.78 Å². The van der Waals surface area contributed by atoms with Crippen LogP contribution in [0.15, 0.2) is 58.7 Å². The molecule has 0 aromatic rings. The van der Waals surface area contributed by atoms with Crippen molar-refractivity contribution in [3.63, 3.8) is 0 Å². The number of allylic oxidation sites excluding steroid dienone is 10. The molecule has 0 radical (unpaired) electrons. The van der Waals surface area contributed by atoms with Gasteiger partial charge in [-0.15, -0.1) is 0 Å². The molecule has 34 heavy (non-hydrogen) atoms. The molecule has 0 spiro atoms. The van der Waals surface area contributed by atoms with E-state index in [1.807, 2.05) is 25.2 Å². The molecule has 0 fully saturated rings. The van der Waals surface area contributed by atoms with E-state index >= 15 is 0 Å². The van der Waals surface area contributed by atoms with Crippen LogP contribution in [-0.4, -0.2) is 29.8 Å². The Morgan fingerprint density at radius 3 is 2.29 bits per heavy atom. The number of carbonyl (C=O) groups is 4. The van der Waals surface area contributed by atoms with Crippen LogP contribution >= 0.6 is 0 Å². The topological polar surface area (TPSA) is 80.3 Å². The average molecular weight is 468 g/mol. The van der Waals surface area contributed by atoms with Gasteiger partial charge in [0.15, 0.2) is 11.6 Å². The van der Waals surface area contributed by atoms with Crippen LogP contribution in [0.5, 0.6) is 0 Å². The number of carbonyl (C=O) groups excluding carboxylic acids is 4. The van der Waals surface area contributed by atoms with Crippen molar-refractivity contribution >= 4 is 23.3 Å². The van der Waals surface area contributed by atoms with Crippen molar-refractivity contribution in [3.8, 4) is 0 Å². The van der Waals surface area contributed by atoms with E-state index < -0.39 is 0 Å². The van der Waals surface area contributed by atoms with Crippen LogP contribution in [0, 0.1) is 5.41 Å². The Kier molecular flexibility index (Phi) is 12.4. The molecule has 5 nitrogen and oxygen atoms in total. The predicted molar refractivity (Wildman–Crippen MR) is 138 cm³/mol. The zero-order chi connectivity index (χ0) is 25.7. The molecule has 0 bridgehead atoms. The van der Waals surface area contributed by atoms with Gasteiger partial charge < -0.3 is 10.1 Å². The van der Waals surface area contributed by atoms with E-state index in [0.717, 1.165) is 11.1 Å². The normalized spacial score (nSPS) is 16.9. The summed E-state index contributed by atoms with van der Waals surface area (Å²) < 4.78 is 0. The zero-order valence-electron chi connectivity index (χ0n) is 21.8. The van der Waals surface area contributed by atoms with Crippen molar-refractivity contribution in [1.82, 2.24) is 5.32 Å². The lowest BCUT2D eigenvalue weighted by Gasteiger charge is -2.32. The first-order valence-electron chi connectivity index (χ1n) is 12.1. The molecule has 0 aliphatic heterocycles. The van der Waals surface area contributed by atoms with Crippen molar-refractivity contribution in [3.05, 3.63) is 58.7 Å². The van der Waals surface area contributed by atoms with Crippen molar-refractivity contribution in [2.45, 2.75) is 86.5 Å². The highest BCUT2D eigenvalue weighted by molar-refractivity contribution is 5.94. The Bertz CT molecular complexity index is 926. The maximum atomic E-state index is 12.1. The quantitative estimate of drug-likeness (QED) is 0.269. The summed E-state index contributed by atoms with van der Waals surface area (Å²) in [6.07, 6.45) is 15.8. The van der Waals surface area contributed by atoms with Gasteiger partial charge in [-0.1, -0.05) is 55.4 Å². The Balaban J connectivity index is 2.48. The molecular weight excluding hydrogens is 426 g/mol. The highest BCUT2D eigenvalue weighted by atomic mass is 16.2. The van der Waals surface area contributed by atoms with Gasteiger partial charge in [-0.05, 0) is 69.6 Å². The average Bonchev–Trinajstić information content (AvgIpc) is 2.73. The standard InChI is InChI=1S/C29H41NO4/c1-21(12-16-27-23(3)11-8-18-29(27,5)6)9-7-10-22(2)19-25(32)15-17-28(34)30-20-26(33)14-13-24(4)31/h7,9-10,12,16,19H,8,11,13-15,17-18,20H2,1-6H3,(H,30,34)/b10-7+,16-12+,21-9+,22-19+. The van der Waals surface area contributed by atoms with Crippen LogP contribution in [0.3, 0.4) is 0 Å². The molecule has 1 aliphatic rings. The molecule has 0 heterocycles. The first kappa shape index (κ1) is 29.2. The number of Topliss-reactive ketones (excluding diaryl/α,β-unsaturated/α-hetero) is 2. The molecule has 0 aromatic heterocycles. The first-order chi connectivity index (χ1) is 15.9. The number of rotatable bonds is 13. The molecule has 1 aliphatic carbocycles. The molecule has 1 amide bonds. The maximum absolute atomic E-state index is 12.1. The molecule has 186 valence electrons. The molecular formula is C29H41NO4. The molecule has 0 unspecified atom stereocenters. The third-order valence-corrected chi connectivity index (χ3v) is 6.00. The summed E-state index contributed by atoms with van der Waals surface area (Å²) in [5.41, 5.74) is 5.07. The van der Waals surface area contributed by atoms with Crippen molar-refractivity contribution in [2.75, 3.05) is 6.54 Å². The molecule has 0 saturated carbocycles. The van der Waals surface area contributed by atoms with Gasteiger partial charge in [0.25, 0.3) is 0 Å². The van der Waals surface area contributed by atoms with E-state index in [1.165, 1.54) is 43.4 Å². The van der Waals surface area contributed by atoms with E-state index in [-0.39, 0.29) is 60.9 Å². The van der Waals surface area contributed by atoms with Gasteiger partial charge in [0, 0.05) is 25.7 Å². The van der Waals surface area contributed by atoms with Crippen LogP contribution in [0.4, 0.5) is 0 Å². The summed E-state index contributed by atoms with van der Waals surface area (Å²) in [6.45, 7) is 12.1. The van der Waals surface area contributed by atoms with E-state index in [0.29, 0.717) is 0 Å². The first-order valence-corrected chi connectivity index (χ1v) is 12.1. The van der Waals surface area contributed by atoms with Crippen molar-refractivity contribution in [1.29, 1.82) is 0 Å². The summed E-state index contributed by atoms with van der Waals surface area (Å²) in [7, 11) is 0. The summed E-state index contributed by atoms with van der Waals surface area (Å²) in [6, 6.07) is 0. The van der Waals surface area contributed by atoms with Gasteiger partial charge in [-0.2, -0.15) is 0 Å². The Morgan fingerprint density at radius 1 is 0.941 bits per heavy atom. The molecule has 0 aromatic carbocycles. The number of hydrogen-bond acceptors (Lipinski definition) is 4. The number of amides is 1. The van der Waals surface area contributed by atoms with Gasteiger partial charge in [0.2, 0.25) is 5.91 Å². The van der Waals surface area contributed by atoms with Crippen molar-refractivity contribution in [2.24, 2.45) is 5.41 Å². The smallest absolute Gasteiger partial charge is 0.220 e. The summed E-state index contributed by atoms with van der Waals surface area (Å²) in [5, 5.41) is 2.50. The van der Waals surface area contributed by atoms with Gasteiger partial charge in [0.05, 0.1) is 6.54 Å².